The van der Waals surface area contributed by atoms with Gasteiger partial charge in [0.25, 0.3) is 11.5 Å². The van der Waals surface area contributed by atoms with Crippen molar-refractivity contribution in [3.8, 4) is 0 Å². The lowest BCUT2D eigenvalue weighted by molar-refractivity contribution is -0.121. The van der Waals surface area contributed by atoms with Crippen molar-refractivity contribution in [3.05, 3.63) is 58.3 Å². The van der Waals surface area contributed by atoms with Crippen molar-refractivity contribution in [2.24, 2.45) is 0 Å². The zero-order valence-corrected chi connectivity index (χ0v) is 13.3. The van der Waals surface area contributed by atoms with Crippen molar-refractivity contribution < 1.29 is 4.79 Å². The molecule has 0 unspecified atom stereocenters. The van der Waals surface area contributed by atoms with E-state index in [0.717, 1.165) is 21.5 Å². The van der Waals surface area contributed by atoms with Crippen molar-refractivity contribution in [3.63, 3.8) is 0 Å². The highest BCUT2D eigenvalue weighted by Crippen LogP contribution is 2.06. The number of amides is 1. The van der Waals surface area contributed by atoms with Gasteiger partial charge >= 0.3 is 0 Å². The van der Waals surface area contributed by atoms with Crippen LogP contribution in [0.25, 0.3) is 10.8 Å². The lowest BCUT2D eigenvalue weighted by atomic mass is 10.2. The fraction of sp³-hybridized carbons (Fsp3) is 0.188. The first kappa shape index (κ1) is 15.6. The minimum atomic E-state index is -0.428. The summed E-state index contributed by atoms with van der Waals surface area (Å²) < 4.78 is 1.11. The van der Waals surface area contributed by atoms with Crippen LogP contribution >= 0.6 is 0 Å². The van der Waals surface area contributed by atoms with E-state index in [4.69, 9.17) is 0 Å². The summed E-state index contributed by atoms with van der Waals surface area (Å²) in [6.45, 7) is 3.46. The number of fused-ring (bicyclic) bond motifs is 1. The van der Waals surface area contributed by atoms with Crippen LogP contribution in [-0.4, -0.2) is 25.7 Å². The molecule has 0 aliphatic heterocycles. The van der Waals surface area contributed by atoms with Gasteiger partial charge in [-0.05, 0) is 26.0 Å². The third-order valence-corrected chi connectivity index (χ3v) is 3.35. The van der Waals surface area contributed by atoms with Gasteiger partial charge in [0.1, 0.15) is 6.54 Å². The minimum absolute atomic E-state index is 0.207. The summed E-state index contributed by atoms with van der Waals surface area (Å²) >= 11 is 0. The molecule has 0 saturated heterocycles. The summed E-state index contributed by atoms with van der Waals surface area (Å²) in [7, 11) is 0. The second-order valence-electron chi connectivity index (χ2n) is 5.34. The Labute approximate surface area is 137 Å². The maximum atomic E-state index is 12.3. The molecule has 3 rings (SSSR count). The van der Waals surface area contributed by atoms with Crippen LogP contribution in [0, 0.1) is 13.8 Å². The molecule has 0 aliphatic rings. The van der Waals surface area contributed by atoms with Crippen LogP contribution in [0.3, 0.4) is 0 Å². The molecule has 0 fully saturated rings. The number of nitrogens with zero attached hydrogens (tertiary/aromatic N) is 4. The molecule has 2 N–H and O–H groups in total. The summed E-state index contributed by atoms with van der Waals surface area (Å²) in [5, 5.41) is 5.27. The van der Waals surface area contributed by atoms with E-state index in [-0.39, 0.29) is 12.1 Å². The minimum Gasteiger partial charge on any atom is -0.271 e. The number of hydrogen-bond acceptors (Lipinski definition) is 6. The Morgan fingerprint density at radius 3 is 2.62 bits per heavy atom. The molecular formula is C16H16N6O2. The zero-order chi connectivity index (χ0) is 17.1. The van der Waals surface area contributed by atoms with Crippen LogP contribution in [0.4, 0.5) is 5.95 Å². The number of aryl methyl sites for hydroxylation is 2. The summed E-state index contributed by atoms with van der Waals surface area (Å²) in [6, 6.07) is 8.93. The maximum absolute atomic E-state index is 12.3. The number of nitrogens with one attached hydrogen (secondary N) is 2. The number of carbonyl (C=O) groups excluding carboxylic acids is 1. The molecule has 0 saturated carbocycles. The van der Waals surface area contributed by atoms with Gasteiger partial charge in [0.2, 0.25) is 5.95 Å². The van der Waals surface area contributed by atoms with Gasteiger partial charge in [-0.1, -0.05) is 18.2 Å². The predicted molar refractivity (Wildman–Crippen MR) is 89.3 cm³/mol. The van der Waals surface area contributed by atoms with Crippen molar-refractivity contribution in [2.75, 3.05) is 5.43 Å². The SMILES string of the molecule is Cc1cc(C)nc(NNC(=O)Cn2ncc3ccccc3c2=O)n1. The number of carbonyl (C=O) groups is 1. The van der Waals surface area contributed by atoms with Gasteiger partial charge in [0, 0.05) is 16.8 Å². The first-order valence-corrected chi connectivity index (χ1v) is 7.35. The molecule has 0 radical (unpaired) electrons. The molecule has 2 aromatic heterocycles. The summed E-state index contributed by atoms with van der Waals surface area (Å²) in [6.07, 6.45) is 1.56. The molecule has 8 nitrogen and oxygen atoms in total. The van der Waals surface area contributed by atoms with Gasteiger partial charge in [0.15, 0.2) is 0 Å². The van der Waals surface area contributed by atoms with E-state index < -0.39 is 5.91 Å². The molecule has 0 bridgehead atoms. The number of benzene rings is 1. The normalized spacial score (nSPS) is 10.6. The van der Waals surface area contributed by atoms with Crippen LogP contribution in [0.15, 0.2) is 41.3 Å². The maximum Gasteiger partial charge on any atom is 0.275 e. The third-order valence-electron chi connectivity index (χ3n) is 3.35. The molecule has 122 valence electrons. The first-order valence-electron chi connectivity index (χ1n) is 7.35. The number of rotatable bonds is 4. The predicted octanol–water partition coefficient (Wildman–Crippen LogP) is 0.947. The topological polar surface area (TPSA) is 102 Å². The Balaban J connectivity index is 1.71. The smallest absolute Gasteiger partial charge is 0.271 e. The zero-order valence-electron chi connectivity index (χ0n) is 13.3. The van der Waals surface area contributed by atoms with Gasteiger partial charge in [-0.2, -0.15) is 5.10 Å². The van der Waals surface area contributed by atoms with Crippen molar-refractivity contribution in [2.45, 2.75) is 20.4 Å². The quantitative estimate of drug-likeness (QED) is 0.693. The molecule has 1 amide bonds. The van der Waals surface area contributed by atoms with Crippen LogP contribution in [-0.2, 0) is 11.3 Å². The van der Waals surface area contributed by atoms with Gasteiger partial charge in [-0.15, -0.1) is 0 Å². The fourth-order valence-electron chi connectivity index (χ4n) is 2.32. The summed E-state index contributed by atoms with van der Waals surface area (Å²) in [5.74, 6) is -0.137. The molecule has 0 atom stereocenters. The largest absolute Gasteiger partial charge is 0.275 e. The Morgan fingerprint density at radius 2 is 1.88 bits per heavy atom. The van der Waals surface area contributed by atoms with E-state index in [2.05, 4.69) is 25.9 Å². The highest BCUT2D eigenvalue weighted by atomic mass is 16.2. The van der Waals surface area contributed by atoms with Crippen LogP contribution in [0.2, 0.25) is 0 Å². The highest BCUT2D eigenvalue weighted by Gasteiger charge is 2.08. The molecule has 24 heavy (non-hydrogen) atoms. The molecule has 8 heteroatoms. The van der Waals surface area contributed by atoms with E-state index in [1.807, 2.05) is 26.0 Å². The van der Waals surface area contributed by atoms with Gasteiger partial charge in [-0.25, -0.2) is 14.6 Å². The number of aromatic nitrogens is 4. The number of hydrogen-bond donors (Lipinski definition) is 2. The van der Waals surface area contributed by atoms with Crippen LogP contribution < -0.4 is 16.4 Å². The Kier molecular flexibility index (Phi) is 4.19. The third kappa shape index (κ3) is 3.37. The van der Waals surface area contributed by atoms with Gasteiger partial charge in [-0.3, -0.25) is 20.4 Å². The van der Waals surface area contributed by atoms with Gasteiger partial charge in [0.05, 0.1) is 11.6 Å². The lowest BCUT2D eigenvalue weighted by Crippen LogP contribution is -2.37. The molecule has 0 spiro atoms. The second-order valence-corrected chi connectivity index (χ2v) is 5.34. The van der Waals surface area contributed by atoms with Crippen molar-refractivity contribution in [1.82, 2.24) is 25.2 Å². The fourth-order valence-corrected chi connectivity index (χ4v) is 2.32. The summed E-state index contributed by atoms with van der Waals surface area (Å²) in [4.78, 5) is 32.6. The molecule has 0 aliphatic carbocycles. The second kappa shape index (κ2) is 6.45. The van der Waals surface area contributed by atoms with Gasteiger partial charge < -0.3 is 0 Å². The van der Waals surface area contributed by atoms with Crippen LogP contribution in [0.1, 0.15) is 11.4 Å². The van der Waals surface area contributed by atoms with Crippen LogP contribution in [0.5, 0.6) is 0 Å². The van der Waals surface area contributed by atoms with E-state index in [1.54, 1.807) is 24.4 Å². The highest BCUT2D eigenvalue weighted by molar-refractivity contribution is 5.81. The number of anilines is 1. The van der Waals surface area contributed by atoms with E-state index in [9.17, 15) is 9.59 Å². The Bertz CT molecular complexity index is 946. The first-order chi connectivity index (χ1) is 11.5. The van der Waals surface area contributed by atoms with Crippen molar-refractivity contribution in [1.29, 1.82) is 0 Å². The lowest BCUT2D eigenvalue weighted by Gasteiger charge is -2.09. The summed E-state index contributed by atoms with van der Waals surface area (Å²) in [5.41, 5.74) is 6.36. The van der Waals surface area contributed by atoms with E-state index >= 15 is 0 Å². The van der Waals surface area contributed by atoms with Crippen molar-refractivity contribution >= 4 is 22.6 Å². The molecule has 1 aromatic carbocycles. The molecule has 3 aromatic rings. The van der Waals surface area contributed by atoms with E-state index in [1.165, 1.54) is 0 Å². The Morgan fingerprint density at radius 1 is 1.17 bits per heavy atom. The average Bonchev–Trinajstić information content (AvgIpc) is 2.55. The molecule has 2 heterocycles. The average molecular weight is 324 g/mol. The number of hydrazine groups is 1. The Hall–Kier alpha value is -3.29. The standard InChI is InChI=1S/C16H16N6O2/c1-10-7-11(2)19-16(18-10)21-20-14(23)9-22-15(24)13-6-4-3-5-12(13)8-17-22/h3-8H,9H2,1-2H3,(H,20,23)(H,18,19,21). The monoisotopic (exact) mass is 324 g/mol. The molecular weight excluding hydrogens is 308 g/mol. The van der Waals surface area contributed by atoms with E-state index in [0.29, 0.717) is 11.3 Å².